The van der Waals surface area contributed by atoms with Gasteiger partial charge in [-0.3, -0.25) is 14.9 Å². The van der Waals surface area contributed by atoms with Crippen LogP contribution in [0.15, 0.2) is 42.5 Å². The van der Waals surface area contributed by atoms with Crippen LogP contribution in [-0.4, -0.2) is 17.2 Å². The Kier molecular flexibility index (Phi) is 5.11. The van der Waals surface area contributed by atoms with Gasteiger partial charge in [0.1, 0.15) is 0 Å². The van der Waals surface area contributed by atoms with E-state index in [-0.39, 0.29) is 29.0 Å². The molecule has 7 nitrogen and oxygen atoms in total. The summed E-state index contributed by atoms with van der Waals surface area (Å²) in [6.07, 6.45) is -4.87. The average Bonchev–Trinajstić information content (AvgIpc) is 2.52. The van der Waals surface area contributed by atoms with Crippen LogP contribution in [0.4, 0.5) is 24.5 Å². The summed E-state index contributed by atoms with van der Waals surface area (Å²) in [6, 6.07) is 8.90. The number of nitro benzene ring substituents is 1. The summed E-state index contributed by atoms with van der Waals surface area (Å²) in [7, 11) is 0. The minimum Gasteiger partial charge on any atom is -0.404 e. The maximum atomic E-state index is 12.4. The number of rotatable bonds is 6. The fourth-order valence-corrected chi connectivity index (χ4v) is 2.05. The van der Waals surface area contributed by atoms with Crippen LogP contribution >= 0.6 is 0 Å². The summed E-state index contributed by atoms with van der Waals surface area (Å²) in [5.74, 6) is -1.29. The molecule has 2 aromatic carbocycles. The molecule has 0 fully saturated rings. The van der Waals surface area contributed by atoms with Gasteiger partial charge in [0.25, 0.3) is 5.69 Å². The molecule has 2 aromatic rings. The van der Waals surface area contributed by atoms with Gasteiger partial charge in [-0.2, -0.15) is 0 Å². The number of ether oxygens (including phenoxy) is 1. The number of hydrogen-bond acceptors (Lipinski definition) is 5. The molecule has 2 rings (SSSR count). The van der Waals surface area contributed by atoms with E-state index in [2.05, 4.69) is 10.1 Å². The Balaban J connectivity index is 2.25. The highest BCUT2D eigenvalue weighted by Crippen LogP contribution is 2.31. The molecular formula is C15H12F3N3O4. The monoisotopic (exact) mass is 355 g/mol. The number of primary amides is 1. The SMILES string of the molecule is NC(=O)c1ccc(CNc2ccccc2OC(F)(F)F)c([N+](=O)[O-])c1. The van der Waals surface area contributed by atoms with E-state index in [4.69, 9.17) is 5.73 Å². The second-order valence-electron chi connectivity index (χ2n) is 4.86. The predicted molar refractivity (Wildman–Crippen MR) is 82.1 cm³/mol. The van der Waals surface area contributed by atoms with Crippen LogP contribution < -0.4 is 15.8 Å². The average molecular weight is 355 g/mol. The van der Waals surface area contributed by atoms with Crippen molar-refractivity contribution in [2.75, 3.05) is 5.32 Å². The van der Waals surface area contributed by atoms with E-state index in [0.717, 1.165) is 12.1 Å². The van der Waals surface area contributed by atoms with E-state index >= 15 is 0 Å². The highest BCUT2D eigenvalue weighted by molar-refractivity contribution is 5.93. The van der Waals surface area contributed by atoms with Gasteiger partial charge in [-0.05, 0) is 24.3 Å². The van der Waals surface area contributed by atoms with Gasteiger partial charge in [-0.15, -0.1) is 13.2 Å². The normalized spacial score (nSPS) is 11.0. The van der Waals surface area contributed by atoms with Crippen molar-refractivity contribution in [2.45, 2.75) is 12.9 Å². The Morgan fingerprint density at radius 1 is 1.24 bits per heavy atom. The Morgan fingerprint density at radius 3 is 2.52 bits per heavy atom. The Hall–Kier alpha value is -3.30. The molecule has 132 valence electrons. The highest BCUT2D eigenvalue weighted by atomic mass is 19.4. The summed E-state index contributed by atoms with van der Waals surface area (Å²) in [4.78, 5) is 21.5. The summed E-state index contributed by atoms with van der Waals surface area (Å²) in [5, 5.41) is 13.8. The number of nitrogens with two attached hydrogens (primary N) is 1. The number of para-hydroxylation sites is 2. The molecule has 0 heterocycles. The van der Waals surface area contributed by atoms with Gasteiger partial charge in [0, 0.05) is 23.7 Å². The molecule has 0 aliphatic rings. The van der Waals surface area contributed by atoms with Gasteiger partial charge >= 0.3 is 6.36 Å². The zero-order valence-corrected chi connectivity index (χ0v) is 12.5. The van der Waals surface area contributed by atoms with Crippen molar-refractivity contribution in [3.05, 3.63) is 63.7 Å². The quantitative estimate of drug-likeness (QED) is 0.611. The van der Waals surface area contributed by atoms with Crippen LogP contribution in [0.2, 0.25) is 0 Å². The maximum Gasteiger partial charge on any atom is 0.573 e. The smallest absolute Gasteiger partial charge is 0.404 e. The van der Waals surface area contributed by atoms with Gasteiger partial charge < -0.3 is 15.8 Å². The van der Waals surface area contributed by atoms with Crippen LogP contribution in [0.25, 0.3) is 0 Å². The van der Waals surface area contributed by atoms with Crippen molar-refractivity contribution in [1.29, 1.82) is 0 Å². The number of anilines is 1. The van der Waals surface area contributed by atoms with Crippen LogP contribution in [0, 0.1) is 10.1 Å². The van der Waals surface area contributed by atoms with Crippen molar-refractivity contribution < 1.29 is 27.6 Å². The van der Waals surface area contributed by atoms with Crippen LogP contribution in [0.3, 0.4) is 0 Å². The number of nitrogens with zero attached hydrogens (tertiary/aromatic N) is 1. The zero-order chi connectivity index (χ0) is 18.6. The summed E-state index contributed by atoms with van der Waals surface area (Å²) in [5.41, 5.74) is 4.83. The number of halogens is 3. The van der Waals surface area contributed by atoms with E-state index in [1.807, 2.05) is 0 Å². The molecule has 0 bridgehead atoms. The third-order valence-corrected chi connectivity index (χ3v) is 3.15. The first-order chi connectivity index (χ1) is 11.7. The third kappa shape index (κ3) is 4.83. The molecule has 0 aliphatic carbocycles. The van der Waals surface area contributed by atoms with Gasteiger partial charge in [0.05, 0.1) is 10.6 Å². The van der Waals surface area contributed by atoms with Crippen molar-refractivity contribution >= 4 is 17.3 Å². The topological polar surface area (TPSA) is 107 Å². The highest BCUT2D eigenvalue weighted by Gasteiger charge is 2.32. The molecule has 0 unspecified atom stereocenters. The molecule has 0 aromatic heterocycles. The largest absolute Gasteiger partial charge is 0.573 e. The van der Waals surface area contributed by atoms with Crippen LogP contribution in [0.5, 0.6) is 5.75 Å². The zero-order valence-electron chi connectivity index (χ0n) is 12.5. The second-order valence-corrected chi connectivity index (χ2v) is 4.86. The van der Waals surface area contributed by atoms with Gasteiger partial charge in [-0.1, -0.05) is 12.1 Å². The molecular weight excluding hydrogens is 343 g/mol. The standard InChI is InChI=1S/C15H12F3N3O4/c16-15(17,18)25-13-4-2-1-3-11(13)20-8-10-6-5-9(14(19)22)7-12(10)21(23)24/h1-7,20H,8H2,(H2,19,22). The number of amides is 1. The van der Waals surface area contributed by atoms with E-state index in [9.17, 15) is 28.1 Å². The third-order valence-electron chi connectivity index (χ3n) is 3.15. The van der Waals surface area contributed by atoms with E-state index < -0.39 is 22.9 Å². The number of carbonyl (C=O) groups excluding carboxylic acids is 1. The van der Waals surface area contributed by atoms with Crippen molar-refractivity contribution in [3.8, 4) is 5.75 Å². The molecule has 1 amide bonds. The van der Waals surface area contributed by atoms with E-state index in [1.54, 1.807) is 0 Å². The molecule has 0 aliphatic heterocycles. The van der Waals surface area contributed by atoms with Crippen molar-refractivity contribution in [1.82, 2.24) is 0 Å². The fourth-order valence-electron chi connectivity index (χ4n) is 2.05. The van der Waals surface area contributed by atoms with E-state index in [0.29, 0.717) is 0 Å². The molecule has 0 atom stereocenters. The number of carbonyl (C=O) groups is 1. The van der Waals surface area contributed by atoms with Gasteiger partial charge in [0.2, 0.25) is 5.91 Å². The summed E-state index contributed by atoms with van der Waals surface area (Å²) < 4.78 is 41.1. The number of nitrogens with one attached hydrogen (secondary N) is 1. The predicted octanol–water partition coefficient (Wildman–Crippen LogP) is 3.20. The minimum absolute atomic E-state index is 0.00750. The molecule has 0 saturated heterocycles. The molecule has 25 heavy (non-hydrogen) atoms. The molecule has 3 N–H and O–H groups in total. The van der Waals surface area contributed by atoms with E-state index in [1.165, 1.54) is 30.3 Å². The lowest BCUT2D eigenvalue weighted by Crippen LogP contribution is -2.18. The minimum atomic E-state index is -4.87. The first-order valence-corrected chi connectivity index (χ1v) is 6.83. The summed E-state index contributed by atoms with van der Waals surface area (Å²) >= 11 is 0. The second kappa shape index (κ2) is 7.07. The lowest BCUT2D eigenvalue weighted by Gasteiger charge is -2.14. The van der Waals surface area contributed by atoms with Crippen molar-refractivity contribution in [3.63, 3.8) is 0 Å². The lowest BCUT2D eigenvalue weighted by molar-refractivity contribution is -0.385. The lowest BCUT2D eigenvalue weighted by atomic mass is 10.1. The number of hydrogen-bond donors (Lipinski definition) is 2. The fraction of sp³-hybridized carbons (Fsp3) is 0.133. The summed E-state index contributed by atoms with van der Waals surface area (Å²) in [6.45, 7) is -0.159. The van der Waals surface area contributed by atoms with Gasteiger partial charge in [0.15, 0.2) is 5.75 Å². The number of nitro groups is 1. The first kappa shape index (κ1) is 18.0. The van der Waals surface area contributed by atoms with Crippen molar-refractivity contribution in [2.24, 2.45) is 5.73 Å². The maximum absolute atomic E-state index is 12.4. The van der Waals surface area contributed by atoms with Crippen LogP contribution in [0.1, 0.15) is 15.9 Å². The van der Waals surface area contributed by atoms with Gasteiger partial charge in [-0.25, -0.2) is 0 Å². The molecule has 0 saturated carbocycles. The Labute approximate surface area is 139 Å². The number of benzene rings is 2. The molecule has 10 heteroatoms. The Bertz CT molecular complexity index is 809. The molecule has 0 spiro atoms. The number of alkyl halides is 3. The van der Waals surface area contributed by atoms with Crippen LogP contribution in [-0.2, 0) is 6.54 Å². The Morgan fingerprint density at radius 2 is 1.92 bits per heavy atom. The molecule has 0 radical (unpaired) electrons. The first-order valence-electron chi connectivity index (χ1n) is 6.83.